The van der Waals surface area contributed by atoms with Crippen molar-refractivity contribution in [3.8, 4) is 0 Å². The van der Waals surface area contributed by atoms with Crippen LogP contribution in [0.15, 0.2) is 24.3 Å². The van der Waals surface area contributed by atoms with Gasteiger partial charge in [-0.15, -0.1) is 0 Å². The third kappa shape index (κ3) is 4.24. The Morgan fingerprint density at radius 3 is 2.63 bits per heavy atom. The standard InChI is InChI=1S/C19H30B2N2O4/c1-18(2)19(3,4)27-21(26-18)15-9-6-8-14(12-15)13-22-17(24)16-10-7-11-23(16)20(5)25/h6,8-9,12,16,25H,7,10-11,13H2,1-5H3,(H,22,24)/t16-/m0/s1. The number of hydrogen-bond donors (Lipinski definition) is 2. The van der Waals surface area contributed by atoms with Crippen molar-refractivity contribution in [2.45, 2.75) is 71.1 Å². The number of carbonyl (C=O) groups is 1. The summed E-state index contributed by atoms with van der Waals surface area (Å²) in [7, 11) is -1.01. The maximum atomic E-state index is 12.5. The summed E-state index contributed by atoms with van der Waals surface area (Å²) in [5.74, 6) is -0.0329. The molecule has 2 aliphatic rings. The minimum atomic E-state index is -0.602. The van der Waals surface area contributed by atoms with Crippen LogP contribution in [0.3, 0.4) is 0 Å². The first kappa shape index (κ1) is 20.4. The fraction of sp³-hybridized carbons (Fsp3) is 0.632. The Kier molecular flexibility index (Phi) is 5.73. The predicted molar refractivity (Wildman–Crippen MR) is 108 cm³/mol. The first-order valence-electron chi connectivity index (χ1n) is 9.77. The Labute approximate surface area is 162 Å². The molecule has 8 heteroatoms. The second kappa shape index (κ2) is 7.59. The number of nitrogens with zero attached hydrogens (tertiary/aromatic N) is 1. The number of carbonyl (C=O) groups excluding carboxylic acids is 1. The monoisotopic (exact) mass is 372 g/mol. The fourth-order valence-electron chi connectivity index (χ4n) is 3.65. The molecular formula is C19H30B2N2O4. The molecule has 2 aliphatic heterocycles. The molecule has 27 heavy (non-hydrogen) atoms. The number of nitrogens with one attached hydrogen (secondary N) is 1. The lowest BCUT2D eigenvalue weighted by Gasteiger charge is -2.32. The molecule has 2 fully saturated rings. The molecule has 1 aromatic rings. The molecule has 3 rings (SSSR count). The molecule has 1 atom stereocenters. The summed E-state index contributed by atoms with van der Waals surface area (Å²) < 4.78 is 12.2. The summed E-state index contributed by atoms with van der Waals surface area (Å²) in [5, 5.41) is 12.8. The molecule has 0 radical (unpaired) electrons. The normalized spacial score (nSPS) is 24.2. The van der Waals surface area contributed by atoms with E-state index in [1.54, 1.807) is 6.82 Å². The largest absolute Gasteiger partial charge is 0.494 e. The lowest BCUT2D eigenvalue weighted by atomic mass is 9.78. The molecule has 6 nitrogen and oxygen atoms in total. The summed E-state index contributed by atoms with van der Waals surface area (Å²) in [6.45, 7) is 11.0. The molecule has 0 unspecified atom stereocenters. The van der Waals surface area contributed by atoms with Crippen LogP contribution in [0.4, 0.5) is 0 Å². The molecule has 0 aromatic heterocycles. The molecule has 1 aromatic carbocycles. The zero-order valence-electron chi connectivity index (χ0n) is 17.0. The van der Waals surface area contributed by atoms with Gasteiger partial charge in [0.15, 0.2) is 0 Å². The zero-order valence-corrected chi connectivity index (χ0v) is 17.0. The van der Waals surface area contributed by atoms with Gasteiger partial charge in [-0.25, -0.2) is 0 Å². The van der Waals surface area contributed by atoms with Crippen LogP contribution in [-0.4, -0.2) is 53.7 Å². The second-order valence-corrected chi connectivity index (χ2v) is 8.58. The Morgan fingerprint density at radius 2 is 2.00 bits per heavy atom. The third-order valence-electron chi connectivity index (χ3n) is 6.02. The van der Waals surface area contributed by atoms with Crippen LogP contribution in [0, 0.1) is 0 Å². The van der Waals surface area contributed by atoms with Crippen LogP contribution < -0.4 is 10.8 Å². The second-order valence-electron chi connectivity index (χ2n) is 8.58. The lowest BCUT2D eigenvalue weighted by Crippen LogP contribution is -2.48. The number of amides is 1. The van der Waals surface area contributed by atoms with Crippen LogP contribution in [0.5, 0.6) is 0 Å². The van der Waals surface area contributed by atoms with E-state index in [2.05, 4.69) is 5.32 Å². The summed E-state index contributed by atoms with van der Waals surface area (Å²) in [6, 6.07) is 7.69. The van der Waals surface area contributed by atoms with Crippen LogP contribution in [0.1, 0.15) is 46.1 Å². The molecule has 1 amide bonds. The van der Waals surface area contributed by atoms with Gasteiger partial charge in [0.2, 0.25) is 5.91 Å². The maximum Gasteiger partial charge on any atom is 0.494 e. The topological polar surface area (TPSA) is 71.0 Å². The Morgan fingerprint density at radius 1 is 1.33 bits per heavy atom. The van der Waals surface area contributed by atoms with Gasteiger partial charge in [0.1, 0.15) is 0 Å². The fourth-order valence-corrected chi connectivity index (χ4v) is 3.65. The van der Waals surface area contributed by atoms with Crippen LogP contribution in [0.25, 0.3) is 0 Å². The first-order chi connectivity index (χ1) is 12.6. The van der Waals surface area contributed by atoms with Crippen molar-refractivity contribution < 1.29 is 19.1 Å². The van der Waals surface area contributed by atoms with Crippen molar-refractivity contribution in [1.29, 1.82) is 0 Å². The minimum Gasteiger partial charge on any atom is -0.437 e. The number of benzene rings is 1. The summed E-state index contributed by atoms with van der Waals surface area (Å²) in [6.07, 6.45) is 1.71. The molecular weight excluding hydrogens is 342 g/mol. The molecule has 0 spiro atoms. The van der Waals surface area contributed by atoms with Crippen molar-refractivity contribution >= 4 is 25.5 Å². The van der Waals surface area contributed by atoms with Gasteiger partial charge in [0, 0.05) is 6.54 Å². The highest BCUT2D eigenvalue weighted by Gasteiger charge is 2.51. The summed E-state index contributed by atoms with van der Waals surface area (Å²) in [4.78, 5) is 14.4. The van der Waals surface area contributed by atoms with E-state index >= 15 is 0 Å². The average molecular weight is 372 g/mol. The van der Waals surface area contributed by atoms with Gasteiger partial charge >= 0.3 is 14.2 Å². The van der Waals surface area contributed by atoms with Crippen LogP contribution in [-0.2, 0) is 20.6 Å². The van der Waals surface area contributed by atoms with E-state index in [1.807, 2.05) is 56.8 Å². The number of rotatable bonds is 5. The van der Waals surface area contributed by atoms with Gasteiger partial charge in [-0.05, 0) is 64.9 Å². The Bertz CT molecular complexity index is 680. The van der Waals surface area contributed by atoms with Gasteiger partial charge in [0.25, 0.3) is 0 Å². The van der Waals surface area contributed by atoms with Crippen molar-refractivity contribution in [3.05, 3.63) is 29.8 Å². The predicted octanol–water partition coefficient (Wildman–Crippen LogP) is 1.18. The van der Waals surface area contributed by atoms with E-state index in [1.165, 1.54) is 0 Å². The molecule has 146 valence electrons. The highest BCUT2D eigenvalue weighted by atomic mass is 16.7. The molecule has 2 heterocycles. The molecule has 0 bridgehead atoms. The van der Waals surface area contributed by atoms with E-state index in [-0.39, 0.29) is 23.2 Å². The van der Waals surface area contributed by atoms with Gasteiger partial charge in [0.05, 0.1) is 17.2 Å². The van der Waals surface area contributed by atoms with Gasteiger partial charge < -0.3 is 24.5 Å². The van der Waals surface area contributed by atoms with Gasteiger partial charge in [-0.1, -0.05) is 24.3 Å². The minimum absolute atomic E-state index is 0.0329. The quantitative estimate of drug-likeness (QED) is 0.760. The van der Waals surface area contributed by atoms with Gasteiger partial charge in [-0.3, -0.25) is 4.79 Å². The summed E-state index contributed by atoms with van der Waals surface area (Å²) >= 11 is 0. The number of hydrogen-bond acceptors (Lipinski definition) is 5. The summed E-state index contributed by atoms with van der Waals surface area (Å²) in [5.41, 5.74) is 1.19. The van der Waals surface area contributed by atoms with E-state index in [9.17, 15) is 9.82 Å². The average Bonchev–Trinajstić information content (AvgIpc) is 3.16. The maximum absolute atomic E-state index is 12.5. The highest BCUT2D eigenvalue weighted by molar-refractivity contribution is 6.62. The molecule has 0 aliphatic carbocycles. The van der Waals surface area contributed by atoms with E-state index in [0.717, 1.165) is 30.4 Å². The van der Waals surface area contributed by atoms with E-state index in [4.69, 9.17) is 9.31 Å². The van der Waals surface area contributed by atoms with Crippen molar-refractivity contribution in [3.63, 3.8) is 0 Å². The van der Waals surface area contributed by atoms with Gasteiger partial charge in [-0.2, -0.15) is 0 Å². The Balaban J connectivity index is 1.63. The molecule has 2 saturated heterocycles. The third-order valence-corrected chi connectivity index (χ3v) is 6.02. The van der Waals surface area contributed by atoms with Crippen molar-refractivity contribution in [2.75, 3.05) is 6.54 Å². The molecule has 0 saturated carbocycles. The zero-order chi connectivity index (χ0) is 19.8. The SMILES string of the molecule is CB(O)N1CCC[C@H]1C(=O)NCc1cccc(B2OC(C)(C)C(C)(C)O2)c1. The van der Waals surface area contributed by atoms with E-state index in [0.29, 0.717) is 6.54 Å². The van der Waals surface area contributed by atoms with E-state index < -0.39 is 14.2 Å². The molecule has 2 N–H and O–H groups in total. The lowest BCUT2D eigenvalue weighted by molar-refractivity contribution is -0.124. The highest BCUT2D eigenvalue weighted by Crippen LogP contribution is 2.36. The van der Waals surface area contributed by atoms with Crippen LogP contribution in [0.2, 0.25) is 6.82 Å². The smallest absolute Gasteiger partial charge is 0.437 e. The van der Waals surface area contributed by atoms with Crippen molar-refractivity contribution in [1.82, 2.24) is 10.1 Å². The van der Waals surface area contributed by atoms with Crippen LogP contribution >= 0.6 is 0 Å². The first-order valence-corrected chi connectivity index (χ1v) is 9.77. The Hall–Kier alpha value is -1.34. The van der Waals surface area contributed by atoms with Crippen molar-refractivity contribution in [2.24, 2.45) is 0 Å².